The molecule has 0 spiro atoms. The van der Waals surface area contributed by atoms with E-state index in [9.17, 15) is 9.59 Å². The van der Waals surface area contributed by atoms with Crippen molar-refractivity contribution in [1.29, 1.82) is 0 Å². The number of aromatic amines is 1. The Morgan fingerprint density at radius 1 is 1.14 bits per heavy atom. The zero-order valence-electron chi connectivity index (χ0n) is 22.1. The summed E-state index contributed by atoms with van der Waals surface area (Å²) >= 11 is 0. The Morgan fingerprint density at radius 2 is 1.89 bits per heavy atom. The molecule has 0 radical (unpaired) electrons. The predicted molar refractivity (Wildman–Crippen MR) is 148 cm³/mol. The summed E-state index contributed by atoms with van der Waals surface area (Å²) in [5.41, 5.74) is 7.14. The van der Waals surface area contributed by atoms with Crippen LogP contribution in [0.2, 0.25) is 0 Å². The first-order chi connectivity index (χ1) is 17.8. The molecule has 0 atom stereocenters. The minimum Gasteiger partial charge on any atom is -0.348 e. The molecule has 7 nitrogen and oxygen atoms in total. The van der Waals surface area contributed by atoms with Gasteiger partial charge in [-0.15, -0.1) is 0 Å². The number of nitrogens with one attached hydrogen (secondary N) is 2. The molecule has 4 aromatic rings. The Labute approximate surface area is 217 Å². The SMILES string of the molecule is CCCc1cc(C)[nH]c(=O)c1CNC(=O)c1cc(-c2ccc(CN(C)C)cc2)cc2c1cnn2C1CC1. The molecule has 37 heavy (non-hydrogen) atoms. The van der Waals surface area contributed by atoms with Gasteiger partial charge in [0, 0.05) is 29.7 Å². The van der Waals surface area contributed by atoms with E-state index in [1.54, 1.807) is 6.20 Å². The van der Waals surface area contributed by atoms with Gasteiger partial charge in [-0.25, -0.2) is 0 Å². The van der Waals surface area contributed by atoms with E-state index in [4.69, 9.17) is 0 Å². The van der Waals surface area contributed by atoms with Gasteiger partial charge in [0.05, 0.1) is 23.3 Å². The van der Waals surface area contributed by atoms with Crippen LogP contribution in [0.15, 0.2) is 53.5 Å². The molecule has 1 saturated carbocycles. The number of rotatable bonds is 9. The first-order valence-corrected chi connectivity index (χ1v) is 13.1. The van der Waals surface area contributed by atoms with Gasteiger partial charge in [0.25, 0.3) is 11.5 Å². The van der Waals surface area contributed by atoms with E-state index in [1.165, 1.54) is 5.56 Å². The largest absolute Gasteiger partial charge is 0.348 e. The Morgan fingerprint density at radius 3 is 2.57 bits per heavy atom. The molecule has 1 amide bonds. The monoisotopic (exact) mass is 497 g/mol. The van der Waals surface area contributed by atoms with Crippen molar-refractivity contribution in [3.8, 4) is 11.1 Å². The lowest BCUT2D eigenvalue weighted by molar-refractivity contribution is 0.0952. The van der Waals surface area contributed by atoms with E-state index in [0.717, 1.165) is 65.5 Å². The molecule has 192 valence electrons. The van der Waals surface area contributed by atoms with E-state index in [1.807, 2.05) is 19.1 Å². The van der Waals surface area contributed by atoms with Crippen LogP contribution in [-0.4, -0.2) is 39.7 Å². The second-order valence-electron chi connectivity index (χ2n) is 10.4. The fourth-order valence-corrected chi connectivity index (χ4v) is 5.01. The Bertz CT molecular complexity index is 1490. The van der Waals surface area contributed by atoms with Crippen molar-refractivity contribution in [2.24, 2.45) is 0 Å². The molecule has 1 aliphatic rings. The smallest absolute Gasteiger partial charge is 0.253 e. The van der Waals surface area contributed by atoms with Crippen molar-refractivity contribution in [2.45, 2.75) is 58.7 Å². The van der Waals surface area contributed by atoms with Gasteiger partial charge in [0.15, 0.2) is 0 Å². The van der Waals surface area contributed by atoms with E-state index in [2.05, 4.69) is 76.3 Å². The number of aromatic nitrogens is 3. The molecule has 0 aliphatic heterocycles. The van der Waals surface area contributed by atoms with Gasteiger partial charge in [-0.05, 0) is 80.7 Å². The highest BCUT2D eigenvalue weighted by atomic mass is 16.1. The molecule has 2 N–H and O–H groups in total. The zero-order valence-corrected chi connectivity index (χ0v) is 22.1. The molecule has 0 bridgehead atoms. The van der Waals surface area contributed by atoms with Crippen molar-refractivity contribution in [3.63, 3.8) is 0 Å². The zero-order chi connectivity index (χ0) is 26.1. The summed E-state index contributed by atoms with van der Waals surface area (Å²) in [6.45, 7) is 5.03. The third-order valence-electron chi connectivity index (χ3n) is 6.95. The van der Waals surface area contributed by atoms with Crippen molar-refractivity contribution >= 4 is 16.8 Å². The number of benzene rings is 2. The van der Waals surface area contributed by atoms with Crippen molar-refractivity contribution in [3.05, 3.63) is 87.0 Å². The lowest BCUT2D eigenvalue weighted by atomic mass is 9.98. The topological polar surface area (TPSA) is 83.0 Å². The van der Waals surface area contributed by atoms with Gasteiger partial charge in [0.2, 0.25) is 0 Å². The van der Waals surface area contributed by atoms with Gasteiger partial charge >= 0.3 is 0 Å². The van der Waals surface area contributed by atoms with E-state index >= 15 is 0 Å². The lowest BCUT2D eigenvalue weighted by Gasteiger charge is -2.13. The first-order valence-electron chi connectivity index (χ1n) is 13.1. The molecule has 7 heteroatoms. The van der Waals surface area contributed by atoms with Crippen LogP contribution in [0.3, 0.4) is 0 Å². The molecule has 0 unspecified atom stereocenters. The molecule has 5 rings (SSSR count). The third-order valence-corrected chi connectivity index (χ3v) is 6.95. The standard InChI is InChI=1S/C30H35N5O2/c1-5-6-22-13-19(2)33-30(37)26(22)16-31-29(36)25-14-23(21-9-7-20(8-10-21)18-34(3)4)15-28-27(25)17-32-35(28)24-11-12-24/h7-10,13-15,17,24H,5-6,11-12,16,18H2,1-4H3,(H,31,36)(H,33,37). The Kier molecular flexibility index (Phi) is 6.98. The summed E-state index contributed by atoms with van der Waals surface area (Å²) in [4.78, 5) is 31.3. The first kappa shape index (κ1) is 25.0. The normalized spacial score (nSPS) is 13.4. The highest BCUT2D eigenvalue weighted by Gasteiger charge is 2.27. The summed E-state index contributed by atoms with van der Waals surface area (Å²) in [5.74, 6) is -0.200. The Balaban J connectivity index is 1.50. The molecule has 2 aromatic heterocycles. The number of carbonyl (C=O) groups is 1. The van der Waals surface area contributed by atoms with Crippen LogP contribution in [0.4, 0.5) is 0 Å². The number of pyridine rings is 1. The van der Waals surface area contributed by atoms with Gasteiger partial charge in [-0.3, -0.25) is 14.3 Å². The Hall–Kier alpha value is -3.71. The predicted octanol–water partition coefficient (Wildman–Crippen LogP) is 4.98. The van der Waals surface area contributed by atoms with Crippen LogP contribution in [0.5, 0.6) is 0 Å². The van der Waals surface area contributed by atoms with E-state index < -0.39 is 0 Å². The average Bonchev–Trinajstić information content (AvgIpc) is 3.61. The minimum absolute atomic E-state index is 0.137. The fraction of sp³-hybridized carbons (Fsp3) is 0.367. The number of amides is 1. The van der Waals surface area contributed by atoms with Crippen molar-refractivity contribution < 1.29 is 4.79 Å². The summed E-state index contributed by atoms with van der Waals surface area (Å²) in [6, 6.07) is 15.0. The molecule has 2 aromatic carbocycles. The molecular weight excluding hydrogens is 462 g/mol. The summed E-state index contributed by atoms with van der Waals surface area (Å²) < 4.78 is 2.06. The quantitative estimate of drug-likeness (QED) is 0.342. The van der Waals surface area contributed by atoms with Gasteiger partial charge in [-0.1, -0.05) is 37.6 Å². The molecule has 2 heterocycles. The second-order valence-corrected chi connectivity index (χ2v) is 10.4. The van der Waals surface area contributed by atoms with Crippen LogP contribution in [-0.2, 0) is 19.5 Å². The maximum atomic E-state index is 13.6. The highest BCUT2D eigenvalue weighted by Crippen LogP contribution is 2.38. The van der Waals surface area contributed by atoms with Crippen LogP contribution >= 0.6 is 0 Å². The van der Waals surface area contributed by atoms with Gasteiger partial charge < -0.3 is 15.2 Å². The van der Waals surface area contributed by atoms with Crippen LogP contribution < -0.4 is 10.9 Å². The van der Waals surface area contributed by atoms with Crippen molar-refractivity contribution in [1.82, 2.24) is 25.0 Å². The highest BCUT2D eigenvalue weighted by molar-refractivity contribution is 6.08. The molecular formula is C30H35N5O2. The fourth-order valence-electron chi connectivity index (χ4n) is 5.01. The number of aryl methyl sites for hydroxylation is 2. The third kappa shape index (κ3) is 5.37. The number of hydrogen-bond donors (Lipinski definition) is 2. The van der Waals surface area contributed by atoms with Crippen LogP contribution in [0, 0.1) is 6.92 Å². The average molecular weight is 498 g/mol. The summed E-state index contributed by atoms with van der Waals surface area (Å²) in [7, 11) is 4.11. The molecule has 1 fully saturated rings. The van der Waals surface area contributed by atoms with Gasteiger partial charge in [0.1, 0.15) is 0 Å². The number of hydrogen-bond acceptors (Lipinski definition) is 4. The maximum absolute atomic E-state index is 13.6. The van der Waals surface area contributed by atoms with Crippen LogP contribution in [0.25, 0.3) is 22.0 Å². The molecule has 1 aliphatic carbocycles. The van der Waals surface area contributed by atoms with Crippen LogP contribution in [0.1, 0.15) is 65.0 Å². The van der Waals surface area contributed by atoms with Gasteiger partial charge in [-0.2, -0.15) is 5.10 Å². The number of H-pyrrole nitrogens is 1. The second kappa shape index (κ2) is 10.3. The number of nitrogens with zero attached hydrogens (tertiary/aromatic N) is 3. The minimum atomic E-state index is -0.200. The number of fused-ring (bicyclic) bond motifs is 1. The number of carbonyl (C=O) groups excluding carboxylic acids is 1. The van der Waals surface area contributed by atoms with E-state index in [-0.39, 0.29) is 18.0 Å². The molecule has 0 saturated heterocycles. The van der Waals surface area contributed by atoms with E-state index in [0.29, 0.717) is 17.2 Å². The lowest BCUT2D eigenvalue weighted by Crippen LogP contribution is -2.28. The van der Waals surface area contributed by atoms with Crippen molar-refractivity contribution in [2.75, 3.05) is 14.1 Å². The summed E-state index contributed by atoms with van der Waals surface area (Å²) in [5, 5.41) is 8.50. The maximum Gasteiger partial charge on any atom is 0.253 e. The summed E-state index contributed by atoms with van der Waals surface area (Å²) in [6.07, 6.45) is 5.75.